The lowest BCUT2D eigenvalue weighted by Gasteiger charge is -2.11. The minimum Gasteiger partial charge on any atom is -0.380 e. The van der Waals surface area contributed by atoms with Crippen LogP contribution in [0.3, 0.4) is 0 Å². The summed E-state index contributed by atoms with van der Waals surface area (Å²) >= 11 is 0. The lowest BCUT2D eigenvalue weighted by atomic mass is 10.1. The van der Waals surface area contributed by atoms with Crippen molar-refractivity contribution in [2.45, 2.75) is 12.7 Å². The zero-order chi connectivity index (χ0) is 18.7. The minimum absolute atomic E-state index is 0.0509. The molecule has 0 saturated carbocycles. The molecule has 7 heteroatoms. The number of benzene rings is 2. The third-order valence-electron chi connectivity index (χ3n) is 3.89. The van der Waals surface area contributed by atoms with Crippen LogP contribution in [0.25, 0.3) is 11.3 Å². The van der Waals surface area contributed by atoms with Crippen molar-refractivity contribution in [1.82, 2.24) is 9.78 Å². The maximum absolute atomic E-state index is 12.8. The molecule has 4 nitrogen and oxygen atoms in total. The van der Waals surface area contributed by atoms with Gasteiger partial charge < -0.3 is 5.32 Å². The third-order valence-corrected chi connectivity index (χ3v) is 3.89. The number of nitriles is 1. The van der Waals surface area contributed by atoms with E-state index in [0.717, 1.165) is 29.0 Å². The second-order valence-corrected chi connectivity index (χ2v) is 5.77. The van der Waals surface area contributed by atoms with E-state index < -0.39 is 11.7 Å². The molecule has 0 fully saturated rings. The van der Waals surface area contributed by atoms with Crippen molar-refractivity contribution in [1.29, 1.82) is 5.26 Å². The largest absolute Gasteiger partial charge is 0.416 e. The normalized spacial score (nSPS) is 11.2. The van der Waals surface area contributed by atoms with E-state index in [4.69, 9.17) is 5.26 Å². The third kappa shape index (κ3) is 3.70. The highest BCUT2D eigenvalue weighted by molar-refractivity contribution is 5.64. The molecule has 1 N–H and O–H groups in total. The van der Waals surface area contributed by atoms with Gasteiger partial charge in [-0.15, -0.1) is 0 Å². The molecule has 0 saturated heterocycles. The number of halogens is 3. The number of rotatable bonds is 4. The monoisotopic (exact) mass is 356 g/mol. The number of nitrogens with one attached hydrogen (secondary N) is 1. The van der Waals surface area contributed by atoms with Gasteiger partial charge in [0.05, 0.1) is 22.5 Å². The number of hydrogen-bond acceptors (Lipinski definition) is 3. The van der Waals surface area contributed by atoms with E-state index in [0.29, 0.717) is 12.2 Å². The van der Waals surface area contributed by atoms with Crippen LogP contribution in [0.5, 0.6) is 0 Å². The van der Waals surface area contributed by atoms with Crippen LogP contribution in [0.15, 0.2) is 54.7 Å². The molecule has 0 aliphatic carbocycles. The summed E-state index contributed by atoms with van der Waals surface area (Å²) in [5, 5.41) is 16.7. The van der Waals surface area contributed by atoms with Gasteiger partial charge in [-0.1, -0.05) is 30.3 Å². The molecule has 0 atom stereocenters. The molecule has 1 heterocycles. The Labute approximate surface area is 148 Å². The molecule has 0 radical (unpaired) electrons. The molecule has 0 aliphatic heterocycles. The van der Waals surface area contributed by atoms with E-state index in [2.05, 4.69) is 10.4 Å². The van der Waals surface area contributed by atoms with Crippen molar-refractivity contribution < 1.29 is 13.2 Å². The van der Waals surface area contributed by atoms with Crippen LogP contribution >= 0.6 is 0 Å². The topological polar surface area (TPSA) is 53.6 Å². The predicted molar refractivity (Wildman–Crippen MR) is 92.1 cm³/mol. The first-order chi connectivity index (χ1) is 12.4. The van der Waals surface area contributed by atoms with Crippen molar-refractivity contribution in [2.24, 2.45) is 7.05 Å². The predicted octanol–water partition coefficient (Wildman–Crippen LogP) is 4.59. The van der Waals surface area contributed by atoms with E-state index >= 15 is 0 Å². The minimum atomic E-state index is -4.48. The van der Waals surface area contributed by atoms with Gasteiger partial charge in [0.15, 0.2) is 0 Å². The first-order valence-electron chi connectivity index (χ1n) is 7.81. The van der Waals surface area contributed by atoms with Crippen LogP contribution in [0, 0.1) is 11.3 Å². The average Bonchev–Trinajstić information content (AvgIpc) is 3.00. The quantitative estimate of drug-likeness (QED) is 0.744. The van der Waals surface area contributed by atoms with Crippen molar-refractivity contribution in [3.8, 4) is 17.3 Å². The highest BCUT2D eigenvalue weighted by Crippen LogP contribution is 2.32. The van der Waals surface area contributed by atoms with Crippen molar-refractivity contribution in [2.75, 3.05) is 5.32 Å². The first-order valence-corrected chi connectivity index (χ1v) is 7.81. The molecule has 3 rings (SSSR count). The molecule has 0 unspecified atom stereocenters. The molecule has 0 spiro atoms. The van der Waals surface area contributed by atoms with Gasteiger partial charge in [-0.2, -0.15) is 23.5 Å². The van der Waals surface area contributed by atoms with Gasteiger partial charge in [0.1, 0.15) is 6.07 Å². The highest BCUT2D eigenvalue weighted by Gasteiger charge is 2.31. The zero-order valence-electron chi connectivity index (χ0n) is 13.9. The van der Waals surface area contributed by atoms with Crippen LogP contribution in [-0.2, 0) is 19.8 Å². The van der Waals surface area contributed by atoms with Crippen LogP contribution in [-0.4, -0.2) is 9.78 Å². The summed E-state index contributed by atoms with van der Waals surface area (Å²) in [6.45, 7) is 0.331. The maximum atomic E-state index is 12.8. The van der Waals surface area contributed by atoms with Gasteiger partial charge in [-0.05, 0) is 18.2 Å². The molecule has 3 aromatic rings. The fourth-order valence-corrected chi connectivity index (χ4v) is 2.66. The van der Waals surface area contributed by atoms with Crippen molar-refractivity contribution in [3.63, 3.8) is 0 Å². The summed E-state index contributed by atoms with van der Waals surface area (Å²) in [7, 11) is 1.80. The molecule has 132 valence electrons. The Morgan fingerprint density at radius 2 is 1.88 bits per heavy atom. The molecular formula is C19H15F3N4. The zero-order valence-corrected chi connectivity index (χ0v) is 13.9. The second-order valence-electron chi connectivity index (χ2n) is 5.77. The molecule has 2 aromatic carbocycles. The Morgan fingerprint density at radius 1 is 1.15 bits per heavy atom. The Morgan fingerprint density at radius 3 is 2.54 bits per heavy atom. The van der Waals surface area contributed by atoms with Crippen LogP contribution in [0.4, 0.5) is 18.9 Å². The van der Waals surface area contributed by atoms with Crippen LogP contribution in [0.2, 0.25) is 0 Å². The summed E-state index contributed by atoms with van der Waals surface area (Å²) in [5.41, 5.74) is 2.06. The molecular weight excluding hydrogens is 341 g/mol. The first kappa shape index (κ1) is 17.5. The van der Waals surface area contributed by atoms with E-state index in [9.17, 15) is 13.2 Å². The Balaban J connectivity index is 1.86. The fraction of sp³-hybridized carbons (Fsp3) is 0.158. The number of aromatic nitrogens is 2. The molecule has 0 aliphatic rings. The lowest BCUT2D eigenvalue weighted by Crippen LogP contribution is -2.07. The van der Waals surface area contributed by atoms with Gasteiger partial charge >= 0.3 is 6.18 Å². The molecule has 1 aromatic heterocycles. The second kappa shape index (κ2) is 6.92. The van der Waals surface area contributed by atoms with E-state index in [1.165, 1.54) is 6.07 Å². The number of anilines is 1. The summed E-state index contributed by atoms with van der Waals surface area (Å²) in [4.78, 5) is 0. The number of nitrogens with zero attached hydrogens (tertiary/aromatic N) is 3. The van der Waals surface area contributed by atoms with Gasteiger partial charge in [0, 0.05) is 30.9 Å². The number of aryl methyl sites for hydroxylation is 1. The van der Waals surface area contributed by atoms with E-state index in [-0.39, 0.29) is 5.56 Å². The fourth-order valence-electron chi connectivity index (χ4n) is 2.66. The summed E-state index contributed by atoms with van der Waals surface area (Å²) in [6, 6.07) is 14.5. The van der Waals surface area contributed by atoms with Gasteiger partial charge in [0.25, 0.3) is 0 Å². The van der Waals surface area contributed by atoms with Gasteiger partial charge in [-0.3, -0.25) is 4.68 Å². The number of hydrogen-bond donors (Lipinski definition) is 1. The molecule has 0 amide bonds. The van der Waals surface area contributed by atoms with E-state index in [1.54, 1.807) is 11.7 Å². The van der Waals surface area contributed by atoms with E-state index in [1.807, 2.05) is 42.6 Å². The Kier molecular flexibility index (Phi) is 4.67. The maximum Gasteiger partial charge on any atom is 0.416 e. The lowest BCUT2D eigenvalue weighted by molar-refractivity contribution is -0.137. The Hall–Kier alpha value is -3.27. The average molecular weight is 356 g/mol. The van der Waals surface area contributed by atoms with Gasteiger partial charge in [0.2, 0.25) is 0 Å². The van der Waals surface area contributed by atoms with Crippen molar-refractivity contribution in [3.05, 3.63) is 71.4 Å². The summed E-state index contributed by atoms with van der Waals surface area (Å²) in [5.74, 6) is 0. The Bertz CT molecular complexity index is 953. The SMILES string of the molecule is Cn1cc(CNc2ccc(C(F)(F)F)cc2C#N)c(-c2ccccc2)n1. The summed E-state index contributed by atoms with van der Waals surface area (Å²) in [6.07, 6.45) is -2.64. The van der Waals surface area contributed by atoms with Gasteiger partial charge in [-0.25, -0.2) is 0 Å². The standard InChI is InChI=1S/C19H15F3N4/c1-26-12-15(18(25-26)13-5-3-2-4-6-13)11-24-17-8-7-16(19(20,21)22)9-14(17)10-23/h2-9,12,24H,11H2,1H3. The van der Waals surface area contributed by atoms with Crippen LogP contribution in [0.1, 0.15) is 16.7 Å². The molecule has 26 heavy (non-hydrogen) atoms. The highest BCUT2D eigenvalue weighted by atomic mass is 19.4. The summed E-state index contributed by atoms with van der Waals surface area (Å²) < 4.78 is 40.0. The number of alkyl halides is 3. The molecule has 0 bridgehead atoms. The van der Waals surface area contributed by atoms with Crippen LogP contribution < -0.4 is 5.32 Å². The smallest absolute Gasteiger partial charge is 0.380 e. The van der Waals surface area contributed by atoms with Crippen molar-refractivity contribution >= 4 is 5.69 Å².